The first-order chi connectivity index (χ1) is 31.4. The fourth-order valence-corrected chi connectivity index (χ4v) is 8.92. The molecule has 1 atom stereocenters. The third-order valence-corrected chi connectivity index (χ3v) is 13.3. The first kappa shape index (κ1) is 62.4. The van der Waals surface area contributed by atoms with Gasteiger partial charge in [0.2, 0.25) is 0 Å². The summed E-state index contributed by atoms with van der Waals surface area (Å²) in [6.45, 7) is 9.05. The number of hydrogen-bond acceptors (Lipinski definition) is 6. The fourth-order valence-electron chi connectivity index (χ4n) is 8.92. The van der Waals surface area contributed by atoms with E-state index in [2.05, 4.69) is 27.7 Å². The summed E-state index contributed by atoms with van der Waals surface area (Å²) in [6.07, 6.45) is 56.7. The van der Waals surface area contributed by atoms with Gasteiger partial charge in [0.05, 0.1) is 0 Å². The summed E-state index contributed by atoms with van der Waals surface area (Å²) in [5.74, 6) is 0.0194. The Morgan fingerprint density at radius 1 is 0.297 bits per heavy atom. The number of carbonyl (C=O) groups excluding carboxylic acids is 3. The molecule has 6 heteroatoms. The zero-order valence-corrected chi connectivity index (χ0v) is 43.8. The van der Waals surface area contributed by atoms with E-state index in [0.29, 0.717) is 19.3 Å². The van der Waals surface area contributed by atoms with Crippen LogP contribution in [0.2, 0.25) is 0 Å². The van der Waals surface area contributed by atoms with E-state index < -0.39 is 6.10 Å². The molecule has 0 unspecified atom stereocenters. The zero-order valence-electron chi connectivity index (χ0n) is 43.8. The van der Waals surface area contributed by atoms with Crippen LogP contribution >= 0.6 is 0 Å². The van der Waals surface area contributed by atoms with Crippen molar-refractivity contribution in [2.45, 2.75) is 336 Å². The lowest BCUT2D eigenvalue weighted by Gasteiger charge is -2.18. The van der Waals surface area contributed by atoms with Gasteiger partial charge in [0.15, 0.2) is 6.10 Å². The number of ether oxygens (including phenoxy) is 3. The molecule has 0 aromatic heterocycles. The van der Waals surface area contributed by atoms with Crippen LogP contribution < -0.4 is 0 Å². The summed E-state index contributed by atoms with van der Waals surface area (Å²) >= 11 is 0. The summed E-state index contributed by atoms with van der Waals surface area (Å²) in [5, 5.41) is 0. The van der Waals surface area contributed by atoms with Crippen LogP contribution in [-0.4, -0.2) is 37.2 Å². The second-order valence-corrected chi connectivity index (χ2v) is 20.4. The maximum absolute atomic E-state index is 12.8. The van der Waals surface area contributed by atoms with Crippen molar-refractivity contribution < 1.29 is 28.6 Å². The molecule has 0 amide bonds. The molecule has 64 heavy (non-hydrogen) atoms. The van der Waals surface area contributed by atoms with E-state index in [9.17, 15) is 14.4 Å². The van der Waals surface area contributed by atoms with Gasteiger partial charge in [0, 0.05) is 19.3 Å². The van der Waals surface area contributed by atoms with Gasteiger partial charge < -0.3 is 14.2 Å². The highest BCUT2D eigenvalue weighted by molar-refractivity contribution is 5.71. The van der Waals surface area contributed by atoms with Gasteiger partial charge in [-0.2, -0.15) is 0 Å². The third kappa shape index (κ3) is 51.4. The molecule has 0 heterocycles. The Morgan fingerprint density at radius 3 is 0.766 bits per heavy atom. The summed E-state index contributed by atoms with van der Waals surface area (Å²) in [7, 11) is 0. The maximum atomic E-state index is 12.8. The lowest BCUT2D eigenvalue weighted by Crippen LogP contribution is -2.30. The Morgan fingerprint density at radius 2 is 0.516 bits per heavy atom. The van der Waals surface area contributed by atoms with Crippen molar-refractivity contribution in [1.29, 1.82) is 0 Å². The summed E-state index contributed by atoms with van der Waals surface area (Å²) in [4.78, 5) is 38.0. The monoisotopic (exact) mass is 905 g/mol. The predicted octanol–water partition coefficient (Wildman–Crippen LogP) is 19.0. The van der Waals surface area contributed by atoms with Crippen molar-refractivity contribution in [3.8, 4) is 0 Å². The highest BCUT2D eigenvalue weighted by Gasteiger charge is 2.19. The van der Waals surface area contributed by atoms with Crippen molar-refractivity contribution in [2.75, 3.05) is 13.2 Å². The van der Waals surface area contributed by atoms with E-state index in [1.165, 1.54) is 225 Å². The summed E-state index contributed by atoms with van der Waals surface area (Å²) in [5.41, 5.74) is 0. The molecule has 0 N–H and O–H groups in total. The highest BCUT2D eigenvalue weighted by Crippen LogP contribution is 2.18. The molecule has 0 bridgehead atoms. The standard InChI is InChI=1S/C58H112O6/c1-5-7-9-11-13-15-16-17-18-24-27-30-34-38-42-46-50-57(60)63-53-55(52-62-56(59)49-45-41-37-32-14-12-10-8-6-2)64-58(61)51-47-43-39-35-31-28-25-22-20-19-21-23-26-29-33-36-40-44-48-54(3)4/h54-55H,5-53H2,1-4H3/t55-/m1/s1. The molecule has 0 saturated heterocycles. The van der Waals surface area contributed by atoms with Crippen LogP contribution in [0, 0.1) is 5.92 Å². The highest BCUT2D eigenvalue weighted by atomic mass is 16.6. The zero-order chi connectivity index (χ0) is 46.7. The van der Waals surface area contributed by atoms with Crippen molar-refractivity contribution in [3.05, 3.63) is 0 Å². The Balaban J connectivity index is 4.19. The number of rotatable bonds is 53. The molecule has 0 aromatic rings. The number of hydrogen-bond donors (Lipinski definition) is 0. The second-order valence-electron chi connectivity index (χ2n) is 20.4. The largest absolute Gasteiger partial charge is 0.462 e. The van der Waals surface area contributed by atoms with E-state index in [0.717, 1.165) is 63.7 Å². The maximum Gasteiger partial charge on any atom is 0.306 e. The van der Waals surface area contributed by atoms with Crippen LogP contribution in [0.15, 0.2) is 0 Å². The van der Waals surface area contributed by atoms with Gasteiger partial charge in [-0.25, -0.2) is 0 Å². The molecule has 0 radical (unpaired) electrons. The molecule has 380 valence electrons. The Bertz CT molecular complexity index is 964. The molecule has 0 aliphatic heterocycles. The predicted molar refractivity (Wildman–Crippen MR) is 275 cm³/mol. The minimum atomic E-state index is -0.761. The van der Waals surface area contributed by atoms with Crippen molar-refractivity contribution in [1.82, 2.24) is 0 Å². The van der Waals surface area contributed by atoms with Gasteiger partial charge in [-0.3, -0.25) is 14.4 Å². The fraction of sp³-hybridized carbons (Fsp3) is 0.948. The summed E-state index contributed by atoms with van der Waals surface area (Å²) < 4.78 is 16.8. The lowest BCUT2D eigenvalue weighted by atomic mass is 10.0. The van der Waals surface area contributed by atoms with Gasteiger partial charge in [-0.15, -0.1) is 0 Å². The van der Waals surface area contributed by atoms with E-state index >= 15 is 0 Å². The molecular weight excluding hydrogens is 793 g/mol. The van der Waals surface area contributed by atoms with Crippen LogP contribution in [0.5, 0.6) is 0 Å². The Kier molecular flexibility index (Phi) is 51.1. The average molecular weight is 906 g/mol. The average Bonchev–Trinajstić information content (AvgIpc) is 3.28. The number of carbonyl (C=O) groups is 3. The SMILES string of the molecule is CCCCCCCCCCCCCCCCCCC(=O)OC[C@@H](COC(=O)CCCCCCCCCCC)OC(=O)CCCCCCCCCCCCCCCCCCCCC(C)C. The second kappa shape index (κ2) is 52.4. The molecule has 0 aliphatic rings. The van der Waals surface area contributed by atoms with E-state index in [-0.39, 0.29) is 31.1 Å². The Hall–Kier alpha value is -1.59. The smallest absolute Gasteiger partial charge is 0.306 e. The Labute approximate surface area is 399 Å². The first-order valence-corrected chi connectivity index (χ1v) is 28.9. The molecule has 6 nitrogen and oxygen atoms in total. The van der Waals surface area contributed by atoms with E-state index in [4.69, 9.17) is 14.2 Å². The minimum Gasteiger partial charge on any atom is -0.462 e. The topological polar surface area (TPSA) is 78.9 Å². The molecule has 0 fully saturated rings. The number of unbranched alkanes of at least 4 members (excludes halogenated alkanes) is 40. The lowest BCUT2D eigenvalue weighted by molar-refractivity contribution is -0.167. The van der Waals surface area contributed by atoms with Crippen LogP contribution in [-0.2, 0) is 28.6 Å². The number of esters is 3. The van der Waals surface area contributed by atoms with Gasteiger partial charge in [0.25, 0.3) is 0 Å². The van der Waals surface area contributed by atoms with Crippen LogP contribution in [0.25, 0.3) is 0 Å². The van der Waals surface area contributed by atoms with E-state index in [1.54, 1.807) is 0 Å². The molecule has 0 spiro atoms. The molecular formula is C58H112O6. The quantitative estimate of drug-likeness (QED) is 0.0344. The summed E-state index contributed by atoms with van der Waals surface area (Å²) in [6, 6.07) is 0. The van der Waals surface area contributed by atoms with Gasteiger partial charge >= 0.3 is 17.9 Å². The first-order valence-electron chi connectivity index (χ1n) is 28.9. The van der Waals surface area contributed by atoms with Crippen LogP contribution in [0.4, 0.5) is 0 Å². The van der Waals surface area contributed by atoms with Gasteiger partial charge in [-0.05, 0) is 25.2 Å². The molecule has 0 aromatic carbocycles. The molecule has 0 rings (SSSR count). The van der Waals surface area contributed by atoms with Crippen molar-refractivity contribution in [3.63, 3.8) is 0 Å². The van der Waals surface area contributed by atoms with Crippen LogP contribution in [0.1, 0.15) is 329 Å². The van der Waals surface area contributed by atoms with E-state index in [1.807, 2.05) is 0 Å². The minimum absolute atomic E-state index is 0.0620. The molecule has 0 aliphatic carbocycles. The van der Waals surface area contributed by atoms with Crippen molar-refractivity contribution >= 4 is 17.9 Å². The third-order valence-electron chi connectivity index (χ3n) is 13.3. The van der Waals surface area contributed by atoms with Gasteiger partial charge in [-0.1, -0.05) is 291 Å². The van der Waals surface area contributed by atoms with Gasteiger partial charge in [0.1, 0.15) is 13.2 Å². The van der Waals surface area contributed by atoms with Crippen LogP contribution in [0.3, 0.4) is 0 Å². The molecule has 0 saturated carbocycles. The normalized spacial score (nSPS) is 12.0. The van der Waals surface area contributed by atoms with Crippen molar-refractivity contribution in [2.24, 2.45) is 5.92 Å².